The van der Waals surface area contributed by atoms with E-state index in [4.69, 9.17) is 5.11 Å². The maximum absolute atomic E-state index is 11.1. The van der Waals surface area contributed by atoms with Crippen LogP contribution in [0.25, 0.3) is 0 Å². The number of nitrogens with one attached hydrogen (secondary N) is 1. The Morgan fingerprint density at radius 2 is 1.84 bits per heavy atom. The van der Waals surface area contributed by atoms with Gasteiger partial charge in [-0.3, -0.25) is 0 Å². The minimum absolute atomic E-state index is 0.0557. The summed E-state index contributed by atoms with van der Waals surface area (Å²) in [5.41, 5.74) is 4.28. The van der Waals surface area contributed by atoms with E-state index in [1.807, 2.05) is 26.8 Å². The molecule has 19 heavy (non-hydrogen) atoms. The maximum atomic E-state index is 11.1. The van der Waals surface area contributed by atoms with Crippen molar-refractivity contribution in [3.63, 3.8) is 0 Å². The van der Waals surface area contributed by atoms with Crippen molar-refractivity contribution in [1.29, 1.82) is 0 Å². The molecule has 1 aromatic heterocycles. The monoisotopic (exact) mass is 257 g/mol. The molecule has 0 saturated heterocycles. The molecule has 0 atom stereocenters. The Morgan fingerprint density at radius 1 is 1.16 bits per heavy atom. The predicted molar refractivity (Wildman–Crippen MR) is 72.9 cm³/mol. The van der Waals surface area contributed by atoms with Crippen LogP contribution >= 0.6 is 0 Å². The lowest BCUT2D eigenvalue weighted by Crippen LogP contribution is -2.06. The summed E-state index contributed by atoms with van der Waals surface area (Å²) in [5, 5.41) is 12.1. The highest BCUT2D eigenvalue weighted by Gasteiger charge is 2.12. The molecular weight excluding hydrogens is 242 g/mol. The topological polar surface area (TPSA) is 75.1 Å². The molecule has 0 saturated carbocycles. The number of anilines is 2. The second-order valence-corrected chi connectivity index (χ2v) is 4.47. The fourth-order valence-electron chi connectivity index (χ4n) is 1.81. The summed E-state index contributed by atoms with van der Waals surface area (Å²) in [6.45, 7) is 6.02. The molecule has 2 rings (SSSR count). The van der Waals surface area contributed by atoms with Gasteiger partial charge in [0, 0.05) is 11.9 Å². The second-order valence-electron chi connectivity index (χ2n) is 4.47. The number of hydrogen-bond acceptors (Lipinski definition) is 4. The van der Waals surface area contributed by atoms with E-state index < -0.39 is 5.97 Å². The van der Waals surface area contributed by atoms with E-state index in [1.165, 1.54) is 18.1 Å². The minimum Gasteiger partial charge on any atom is -0.477 e. The van der Waals surface area contributed by atoms with Gasteiger partial charge in [-0.15, -0.1) is 0 Å². The summed E-state index contributed by atoms with van der Waals surface area (Å²) in [6.07, 6.45) is 2.61. The van der Waals surface area contributed by atoms with Crippen molar-refractivity contribution in [3.8, 4) is 0 Å². The molecule has 0 aliphatic heterocycles. The standard InChI is InChI=1S/C14H15N3O2/c1-8-4-10(3)12(5-9(8)2)17-13-11(14(18)19)6-15-7-16-13/h4-7H,1-3H3,(H,18,19)(H,15,16,17). The molecule has 2 N–H and O–H groups in total. The summed E-state index contributed by atoms with van der Waals surface area (Å²) >= 11 is 0. The molecule has 1 aromatic carbocycles. The smallest absolute Gasteiger partial charge is 0.341 e. The molecule has 0 spiro atoms. The zero-order valence-electron chi connectivity index (χ0n) is 11.1. The van der Waals surface area contributed by atoms with Crippen LogP contribution in [0.3, 0.4) is 0 Å². The SMILES string of the molecule is Cc1cc(C)c(Nc2ncncc2C(=O)O)cc1C. The highest BCUT2D eigenvalue weighted by molar-refractivity contribution is 5.93. The number of aryl methyl sites for hydroxylation is 3. The van der Waals surface area contributed by atoms with Crippen molar-refractivity contribution in [1.82, 2.24) is 9.97 Å². The lowest BCUT2D eigenvalue weighted by atomic mass is 10.0. The van der Waals surface area contributed by atoms with Gasteiger partial charge >= 0.3 is 5.97 Å². The number of carbonyl (C=O) groups is 1. The van der Waals surface area contributed by atoms with Crippen molar-refractivity contribution in [3.05, 3.63) is 46.9 Å². The van der Waals surface area contributed by atoms with Crippen LogP contribution in [0.1, 0.15) is 27.0 Å². The number of aromatic nitrogens is 2. The molecule has 5 nitrogen and oxygen atoms in total. The van der Waals surface area contributed by atoms with Crippen LogP contribution in [0.5, 0.6) is 0 Å². The van der Waals surface area contributed by atoms with E-state index in [0.29, 0.717) is 5.82 Å². The Morgan fingerprint density at radius 3 is 2.53 bits per heavy atom. The number of benzene rings is 1. The third-order valence-electron chi connectivity index (χ3n) is 3.04. The number of hydrogen-bond donors (Lipinski definition) is 2. The Labute approximate surface area is 111 Å². The highest BCUT2D eigenvalue weighted by atomic mass is 16.4. The fraction of sp³-hybridized carbons (Fsp3) is 0.214. The molecule has 1 heterocycles. The van der Waals surface area contributed by atoms with E-state index in [1.54, 1.807) is 0 Å². The molecule has 0 radical (unpaired) electrons. The molecule has 0 unspecified atom stereocenters. The molecule has 5 heteroatoms. The van der Waals surface area contributed by atoms with Crippen LogP contribution in [0.15, 0.2) is 24.7 Å². The Hall–Kier alpha value is -2.43. The Kier molecular flexibility index (Phi) is 3.46. The summed E-state index contributed by atoms with van der Waals surface area (Å²) in [4.78, 5) is 18.8. The molecular formula is C14H15N3O2. The first-order valence-corrected chi connectivity index (χ1v) is 5.87. The zero-order valence-corrected chi connectivity index (χ0v) is 11.1. The predicted octanol–water partition coefficient (Wildman–Crippen LogP) is 2.84. The largest absolute Gasteiger partial charge is 0.477 e. The van der Waals surface area contributed by atoms with Crippen LogP contribution < -0.4 is 5.32 Å². The Bertz CT molecular complexity index is 639. The van der Waals surface area contributed by atoms with E-state index in [2.05, 4.69) is 21.4 Å². The normalized spacial score (nSPS) is 10.3. The fourth-order valence-corrected chi connectivity index (χ4v) is 1.81. The molecule has 0 amide bonds. The number of rotatable bonds is 3. The molecule has 98 valence electrons. The van der Waals surface area contributed by atoms with E-state index in [9.17, 15) is 4.79 Å². The number of carboxylic acid groups (broad SMARTS) is 1. The van der Waals surface area contributed by atoms with Crippen LogP contribution in [0.4, 0.5) is 11.5 Å². The van der Waals surface area contributed by atoms with Crippen LogP contribution in [-0.2, 0) is 0 Å². The van der Waals surface area contributed by atoms with Gasteiger partial charge in [-0.2, -0.15) is 0 Å². The van der Waals surface area contributed by atoms with Crippen molar-refractivity contribution < 1.29 is 9.90 Å². The summed E-state index contributed by atoms with van der Waals surface area (Å²) in [6, 6.07) is 4.04. The molecule has 0 fully saturated rings. The summed E-state index contributed by atoms with van der Waals surface area (Å²) < 4.78 is 0. The average Bonchev–Trinajstić information content (AvgIpc) is 2.36. The van der Waals surface area contributed by atoms with Gasteiger partial charge in [-0.1, -0.05) is 6.07 Å². The lowest BCUT2D eigenvalue weighted by molar-refractivity contribution is 0.0697. The number of nitrogens with zero attached hydrogens (tertiary/aromatic N) is 2. The van der Waals surface area contributed by atoms with Gasteiger partial charge in [-0.05, 0) is 43.5 Å². The first-order chi connectivity index (χ1) is 8.99. The van der Waals surface area contributed by atoms with Gasteiger partial charge < -0.3 is 10.4 Å². The maximum Gasteiger partial charge on any atom is 0.341 e. The zero-order chi connectivity index (χ0) is 14.0. The van der Waals surface area contributed by atoms with Crippen LogP contribution in [-0.4, -0.2) is 21.0 Å². The van der Waals surface area contributed by atoms with E-state index >= 15 is 0 Å². The van der Waals surface area contributed by atoms with Crippen molar-refractivity contribution >= 4 is 17.5 Å². The summed E-state index contributed by atoms with van der Waals surface area (Å²) in [5.74, 6) is -0.751. The van der Waals surface area contributed by atoms with E-state index in [0.717, 1.165) is 16.8 Å². The number of carboxylic acids is 1. The quantitative estimate of drug-likeness (QED) is 0.884. The molecule has 0 aliphatic rings. The lowest BCUT2D eigenvalue weighted by Gasteiger charge is -2.12. The van der Waals surface area contributed by atoms with Gasteiger partial charge in [-0.25, -0.2) is 14.8 Å². The first kappa shape index (κ1) is 13.0. The average molecular weight is 257 g/mol. The third-order valence-corrected chi connectivity index (χ3v) is 3.04. The van der Waals surface area contributed by atoms with Gasteiger partial charge in [0.2, 0.25) is 0 Å². The van der Waals surface area contributed by atoms with Crippen LogP contribution in [0.2, 0.25) is 0 Å². The van der Waals surface area contributed by atoms with E-state index in [-0.39, 0.29) is 5.56 Å². The van der Waals surface area contributed by atoms with Gasteiger partial charge in [0.05, 0.1) is 0 Å². The molecule has 2 aromatic rings. The molecule has 0 bridgehead atoms. The van der Waals surface area contributed by atoms with Gasteiger partial charge in [0.1, 0.15) is 17.7 Å². The van der Waals surface area contributed by atoms with Gasteiger partial charge in [0.25, 0.3) is 0 Å². The minimum atomic E-state index is -1.05. The molecule has 0 aliphatic carbocycles. The van der Waals surface area contributed by atoms with Gasteiger partial charge in [0.15, 0.2) is 0 Å². The number of aromatic carboxylic acids is 1. The van der Waals surface area contributed by atoms with Crippen molar-refractivity contribution in [2.75, 3.05) is 5.32 Å². The third kappa shape index (κ3) is 2.70. The Balaban J connectivity index is 2.42. The second kappa shape index (κ2) is 5.06. The van der Waals surface area contributed by atoms with Crippen molar-refractivity contribution in [2.24, 2.45) is 0 Å². The first-order valence-electron chi connectivity index (χ1n) is 5.87. The highest BCUT2D eigenvalue weighted by Crippen LogP contribution is 2.24. The summed E-state index contributed by atoms with van der Waals surface area (Å²) in [7, 11) is 0. The van der Waals surface area contributed by atoms with Crippen molar-refractivity contribution in [2.45, 2.75) is 20.8 Å². The van der Waals surface area contributed by atoms with Crippen LogP contribution in [0, 0.1) is 20.8 Å².